The third-order valence-electron chi connectivity index (χ3n) is 6.46. The smallest absolute Gasteiger partial charge is 0.183 e. The highest BCUT2D eigenvalue weighted by Crippen LogP contribution is 2.34. The Labute approximate surface area is 117 Å². The summed E-state index contributed by atoms with van der Waals surface area (Å²) in [6.07, 6.45) is 3.35. The molecule has 6 fully saturated rings. The van der Waals surface area contributed by atoms with Gasteiger partial charge in [-0.25, -0.2) is 0 Å². The van der Waals surface area contributed by atoms with Crippen LogP contribution in [-0.2, 0) is 4.74 Å². The first-order valence-electron chi connectivity index (χ1n) is 8.19. The molecule has 0 N–H and O–H groups in total. The first-order valence-corrected chi connectivity index (χ1v) is 8.19. The van der Waals surface area contributed by atoms with E-state index in [1.165, 1.54) is 80.7 Å². The number of nitrogens with zero attached hydrogens (tertiary/aromatic N) is 3. The van der Waals surface area contributed by atoms with E-state index in [0.717, 1.165) is 12.6 Å². The van der Waals surface area contributed by atoms with Gasteiger partial charge in [-0.2, -0.15) is 0 Å². The Kier molecular flexibility index (Phi) is 2.92. The fraction of sp³-hybridized carbons (Fsp3) is 1.00. The normalized spacial score (nSPS) is 52.6. The Bertz CT molecular complexity index is 330. The number of rotatable bonds is 3. The van der Waals surface area contributed by atoms with Gasteiger partial charge in [-0.05, 0) is 0 Å². The van der Waals surface area contributed by atoms with Gasteiger partial charge in [-0.3, -0.25) is 9.38 Å². The second-order valence-corrected chi connectivity index (χ2v) is 7.78. The highest BCUT2D eigenvalue weighted by Gasteiger charge is 2.46. The van der Waals surface area contributed by atoms with Crippen molar-refractivity contribution in [1.82, 2.24) is 4.90 Å². The molecule has 1 atom stereocenters. The zero-order valence-corrected chi connectivity index (χ0v) is 12.4. The van der Waals surface area contributed by atoms with Crippen LogP contribution < -0.4 is 0 Å². The molecule has 0 aromatic rings. The summed E-state index contributed by atoms with van der Waals surface area (Å²) in [7, 11) is 2.43. The van der Waals surface area contributed by atoms with Gasteiger partial charge in [-0.15, -0.1) is 0 Å². The van der Waals surface area contributed by atoms with Crippen molar-refractivity contribution in [2.75, 3.05) is 72.7 Å². The van der Waals surface area contributed by atoms with Gasteiger partial charge in [-0.1, -0.05) is 0 Å². The molecule has 1 unspecified atom stereocenters. The van der Waals surface area contributed by atoms with E-state index < -0.39 is 0 Å². The molecule has 108 valence electrons. The molecule has 4 heteroatoms. The van der Waals surface area contributed by atoms with Gasteiger partial charge in [0.05, 0.1) is 39.8 Å². The van der Waals surface area contributed by atoms with Crippen molar-refractivity contribution in [2.45, 2.75) is 18.9 Å². The summed E-state index contributed by atoms with van der Waals surface area (Å²) in [5.41, 5.74) is 0. The van der Waals surface area contributed by atoms with Crippen LogP contribution in [-0.4, -0.2) is 92.7 Å². The number of hydrogen-bond donors (Lipinski definition) is 0. The van der Waals surface area contributed by atoms with Crippen LogP contribution in [0.1, 0.15) is 12.8 Å². The molecule has 6 aliphatic heterocycles. The highest BCUT2D eigenvalue weighted by atomic mass is 16.5. The summed E-state index contributed by atoms with van der Waals surface area (Å²) in [6.45, 7) is 12.9. The Morgan fingerprint density at radius 2 is 1.63 bits per heavy atom. The van der Waals surface area contributed by atoms with Crippen LogP contribution in [0.3, 0.4) is 0 Å². The molecule has 6 heterocycles. The first-order chi connectivity index (χ1) is 9.17. The average molecular weight is 267 g/mol. The zero-order chi connectivity index (χ0) is 12.9. The lowest BCUT2D eigenvalue weighted by atomic mass is 9.84. The maximum Gasteiger partial charge on any atom is 0.183 e. The molecule has 0 saturated carbocycles. The Balaban J connectivity index is 1.37. The predicted octanol–water partition coefficient (Wildman–Crippen LogP) is 0.345. The zero-order valence-electron chi connectivity index (χ0n) is 12.4. The van der Waals surface area contributed by atoms with E-state index in [-0.39, 0.29) is 0 Å². The van der Waals surface area contributed by atoms with Crippen LogP contribution in [0, 0.1) is 5.92 Å². The van der Waals surface area contributed by atoms with Crippen molar-refractivity contribution in [3.8, 4) is 0 Å². The van der Waals surface area contributed by atoms with E-state index in [0.29, 0.717) is 6.10 Å². The second kappa shape index (κ2) is 4.42. The predicted molar refractivity (Wildman–Crippen MR) is 74.6 cm³/mol. The molecular formula is C15H29N3O+2. The van der Waals surface area contributed by atoms with Crippen LogP contribution >= 0.6 is 0 Å². The molecule has 0 radical (unpaired) electrons. The Morgan fingerprint density at radius 3 is 2.21 bits per heavy atom. The molecule has 0 aromatic carbocycles. The molecule has 4 bridgehead atoms. The highest BCUT2D eigenvalue weighted by molar-refractivity contribution is 4.80. The number of ether oxygens (including phenoxy) is 1. The van der Waals surface area contributed by atoms with Gasteiger partial charge < -0.3 is 9.22 Å². The number of hydrogen-bond acceptors (Lipinski definition) is 2. The van der Waals surface area contributed by atoms with Crippen molar-refractivity contribution >= 4 is 0 Å². The lowest BCUT2D eigenvalue weighted by Gasteiger charge is -2.53. The maximum absolute atomic E-state index is 6.48. The molecule has 4 nitrogen and oxygen atoms in total. The van der Waals surface area contributed by atoms with Gasteiger partial charge in [0.25, 0.3) is 0 Å². The van der Waals surface area contributed by atoms with Gasteiger partial charge in [0.1, 0.15) is 12.6 Å². The lowest BCUT2D eigenvalue weighted by molar-refractivity contribution is -0.964. The van der Waals surface area contributed by atoms with Gasteiger partial charge in [0, 0.05) is 38.4 Å². The molecule has 0 aliphatic carbocycles. The summed E-state index contributed by atoms with van der Waals surface area (Å²) in [6, 6.07) is 0. The molecule has 0 amide bonds. The van der Waals surface area contributed by atoms with Crippen molar-refractivity contribution in [3.05, 3.63) is 0 Å². The number of piperidine rings is 3. The number of fused-ring (bicyclic) bond motifs is 6. The SMILES string of the molecule is C[N+]12CCC(CC1)C(OC[N+]13CCN(CC1)CC3)C2. The summed E-state index contributed by atoms with van der Waals surface area (Å²) in [5.74, 6) is 0.865. The number of piperazine rings is 3. The van der Waals surface area contributed by atoms with Gasteiger partial charge in [0.15, 0.2) is 6.73 Å². The van der Waals surface area contributed by atoms with Crippen molar-refractivity contribution in [1.29, 1.82) is 0 Å². The minimum Gasteiger partial charge on any atom is -0.324 e. The number of likely N-dealkylation sites (N-methyl/N-ethyl adjacent to an activating group) is 1. The topological polar surface area (TPSA) is 12.5 Å². The Hall–Kier alpha value is -0.160. The molecule has 0 aromatic heterocycles. The second-order valence-electron chi connectivity index (χ2n) is 7.78. The average Bonchev–Trinajstić information content (AvgIpc) is 2.47. The lowest BCUT2D eigenvalue weighted by Crippen LogP contribution is -2.69. The summed E-state index contributed by atoms with van der Waals surface area (Å²) in [5, 5.41) is 0. The molecule has 6 saturated heterocycles. The molecule has 6 rings (SSSR count). The molecule has 19 heavy (non-hydrogen) atoms. The van der Waals surface area contributed by atoms with E-state index in [9.17, 15) is 0 Å². The minimum atomic E-state index is 0.556. The van der Waals surface area contributed by atoms with Crippen LogP contribution in [0.2, 0.25) is 0 Å². The van der Waals surface area contributed by atoms with Crippen LogP contribution in [0.15, 0.2) is 0 Å². The van der Waals surface area contributed by atoms with Gasteiger partial charge in [0.2, 0.25) is 0 Å². The third-order valence-corrected chi connectivity index (χ3v) is 6.46. The fourth-order valence-electron chi connectivity index (χ4n) is 4.72. The molecule has 0 spiro atoms. The first kappa shape index (κ1) is 12.6. The molecule has 6 aliphatic rings. The number of quaternary nitrogens is 2. The molecular weight excluding hydrogens is 238 g/mol. The van der Waals surface area contributed by atoms with E-state index in [2.05, 4.69) is 11.9 Å². The third kappa shape index (κ3) is 2.23. The summed E-state index contributed by atoms with van der Waals surface area (Å²) in [4.78, 5) is 2.61. The van der Waals surface area contributed by atoms with E-state index in [1.54, 1.807) is 0 Å². The van der Waals surface area contributed by atoms with Crippen LogP contribution in [0.4, 0.5) is 0 Å². The van der Waals surface area contributed by atoms with E-state index in [4.69, 9.17) is 4.74 Å². The fourth-order valence-corrected chi connectivity index (χ4v) is 4.72. The van der Waals surface area contributed by atoms with Crippen molar-refractivity contribution in [2.24, 2.45) is 5.92 Å². The van der Waals surface area contributed by atoms with E-state index in [1.807, 2.05) is 0 Å². The maximum atomic E-state index is 6.48. The van der Waals surface area contributed by atoms with Gasteiger partial charge >= 0.3 is 0 Å². The van der Waals surface area contributed by atoms with Crippen molar-refractivity contribution < 1.29 is 13.7 Å². The van der Waals surface area contributed by atoms with Crippen LogP contribution in [0.25, 0.3) is 0 Å². The van der Waals surface area contributed by atoms with Crippen molar-refractivity contribution in [3.63, 3.8) is 0 Å². The summed E-state index contributed by atoms with van der Waals surface area (Å²) >= 11 is 0. The monoisotopic (exact) mass is 267 g/mol. The standard InChI is InChI=1S/C15H29N3O/c1-17-7-2-14(3-8-17)15(12-17)19-13-18-9-4-16(5-10-18)6-11-18/h14-15H,2-13H2,1H3/q+2. The largest absolute Gasteiger partial charge is 0.324 e. The minimum absolute atomic E-state index is 0.556. The Morgan fingerprint density at radius 1 is 1.00 bits per heavy atom. The quantitative estimate of drug-likeness (QED) is 0.684. The summed E-state index contributed by atoms with van der Waals surface area (Å²) < 4.78 is 9.00. The van der Waals surface area contributed by atoms with Crippen LogP contribution in [0.5, 0.6) is 0 Å². The van der Waals surface area contributed by atoms with E-state index >= 15 is 0 Å².